The average Bonchev–Trinajstić information content (AvgIpc) is 3.23. The number of hydrogen-bond acceptors (Lipinski definition) is 7. The molecule has 1 fully saturated rings. The number of hydrogen-bond donors (Lipinski definition) is 1. The van der Waals surface area contributed by atoms with Gasteiger partial charge >= 0.3 is 5.97 Å². The zero-order valence-electron chi connectivity index (χ0n) is 21.2. The molecule has 0 amide bonds. The molecule has 2 aliphatic rings. The first-order chi connectivity index (χ1) is 17.8. The highest BCUT2D eigenvalue weighted by Gasteiger charge is 2.41. The predicted molar refractivity (Wildman–Crippen MR) is 153 cm³/mol. The first kappa shape index (κ1) is 26.1. The first-order valence-electron chi connectivity index (χ1n) is 12.5. The minimum Gasteiger partial charge on any atom is -0.461 e. The molecule has 9 heteroatoms. The van der Waals surface area contributed by atoms with Crippen LogP contribution in [0.2, 0.25) is 10.0 Å². The van der Waals surface area contributed by atoms with Crippen LogP contribution in [0.3, 0.4) is 0 Å². The van der Waals surface area contributed by atoms with Crippen LogP contribution in [0.4, 0.5) is 11.5 Å². The number of esters is 1. The molecular weight excluding hydrogens is 527 g/mol. The zero-order chi connectivity index (χ0) is 26.2. The number of aromatic nitrogens is 2. The molecule has 2 heterocycles. The van der Waals surface area contributed by atoms with E-state index in [1.165, 1.54) is 11.1 Å². The molecule has 0 radical (unpaired) electrons. The van der Waals surface area contributed by atoms with Crippen LogP contribution in [0.5, 0.6) is 0 Å². The van der Waals surface area contributed by atoms with Crippen molar-refractivity contribution in [3.8, 4) is 11.3 Å². The van der Waals surface area contributed by atoms with Gasteiger partial charge in [-0.1, -0.05) is 53.3 Å². The van der Waals surface area contributed by atoms with Crippen molar-refractivity contribution in [2.75, 3.05) is 35.6 Å². The van der Waals surface area contributed by atoms with Gasteiger partial charge in [0.1, 0.15) is 0 Å². The fourth-order valence-electron chi connectivity index (χ4n) is 5.57. The molecule has 1 aliphatic carbocycles. The Balaban J connectivity index is 1.42. The number of benzene rings is 2. The van der Waals surface area contributed by atoms with Crippen LogP contribution in [0.15, 0.2) is 36.4 Å². The molecule has 1 spiro atoms. The van der Waals surface area contributed by atoms with Crippen molar-refractivity contribution in [1.29, 1.82) is 0 Å². The van der Waals surface area contributed by atoms with Gasteiger partial charge in [-0.3, -0.25) is 0 Å². The number of ether oxygens (including phenoxy) is 1. The molecule has 37 heavy (non-hydrogen) atoms. The van der Waals surface area contributed by atoms with Crippen molar-refractivity contribution >= 4 is 52.6 Å². The van der Waals surface area contributed by atoms with Crippen molar-refractivity contribution in [1.82, 2.24) is 9.97 Å². The Morgan fingerprint density at radius 1 is 1.14 bits per heavy atom. The summed E-state index contributed by atoms with van der Waals surface area (Å²) in [5.74, 6) is 0.0986. The van der Waals surface area contributed by atoms with E-state index in [0.717, 1.165) is 44.5 Å². The van der Waals surface area contributed by atoms with E-state index in [1.807, 2.05) is 25.3 Å². The van der Waals surface area contributed by atoms with Gasteiger partial charge in [0, 0.05) is 30.6 Å². The van der Waals surface area contributed by atoms with E-state index in [1.54, 1.807) is 24.9 Å². The van der Waals surface area contributed by atoms with Crippen LogP contribution in [0, 0.1) is 12.3 Å². The minimum atomic E-state index is -0.480. The van der Waals surface area contributed by atoms with Crippen LogP contribution in [-0.4, -0.2) is 41.9 Å². The number of nitrogens with one attached hydrogen (secondary N) is 1. The third-order valence-electron chi connectivity index (χ3n) is 7.41. The monoisotopic (exact) mass is 556 g/mol. The standard InChI is InChI=1S/C28H30Cl2N4O2S/c1-4-36-27(35)25-26(31-17(2)24(32-25)21-6-5-7-22(29)23(21)30)34-12-10-28(11-13-34)15-18-8-9-20(33-37-3)14-19(18)16-28/h5-9,14,33H,4,10-13,15-16H2,1-3H3. The fourth-order valence-corrected chi connectivity index (χ4v) is 6.32. The van der Waals surface area contributed by atoms with Gasteiger partial charge in [-0.15, -0.1) is 0 Å². The number of rotatable bonds is 6. The molecule has 1 saturated heterocycles. The van der Waals surface area contributed by atoms with E-state index in [0.29, 0.717) is 32.8 Å². The lowest BCUT2D eigenvalue weighted by Crippen LogP contribution is -2.42. The number of piperidine rings is 1. The SMILES string of the molecule is CCOC(=O)c1nc(-c2cccc(Cl)c2Cl)c(C)nc1N1CCC2(CC1)Cc1ccc(NSC)cc1C2. The molecule has 1 aromatic heterocycles. The Hall–Kier alpha value is -2.48. The summed E-state index contributed by atoms with van der Waals surface area (Å²) >= 11 is 14.4. The second kappa shape index (κ2) is 10.7. The molecule has 0 bridgehead atoms. The Morgan fingerprint density at radius 2 is 1.89 bits per heavy atom. The van der Waals surface area contributed by atoms with Gasteiger partial charge in [-0.05, 0) is 74.3 Å². The molecule has 2 aromatic carbocycles. The van der Waals surface area contributed by atoms with Gasteiger partial charge in [0.15, 0.2) is 11.5 Å². The molecule has 0 saturated carbocycles. The maximum atomic E-state index is 13.0. The Morgan fingerprint density at radius 3 is 2.62 bits per heavy atom. The van der Waals surface area contributed by atoms with Crippen molar-refractivity contribution in [2.24, 2.45) is 5.41 Å². The number of halogens is 2. The van der Waals surface area contributed by atoms with Gasteiger partial charge in [0.25, 0.3) is 0 Å². The van der Waals surface area contributed by atoms with Crippen molar-refractivity contribution in [3.63, 3.8) is 0 Å². The van der Waals surface area contributed by atoms with E-state index in [9.17, 15) is 4.79 Å². The van der Waals surface area contributed by atoms with E-state index >= 15 is 0 Å². The zero-order valence-corrected chi connectivity index (χ0v) is 23.6. The lowest BCUT2D eigenvalue weighted by Gasteiger charge is -2.40. The summed E-state index contributed by atoms with van der Waals surface area (Å²) in [5, 5.41) is 0.818. The number of nitrogens with zero attached hydrogens (tertiary/aromatic N) is 3. The maximum absolute atomic E-state index is 13.0. The van der Waals surface area contributed by atoms with Gasteiger partial charge in [0.05, 0.1) is 28.0 Å². The summed E-state index contributed by atoms with van der Waals surface area (Å²) in [7, 11) is 0. The van der Waals surface area contributed by atoms with Crippen LogP contribution in [-0.2, 0) is 17.6 Å². The quantitative estimate of drug-likeness (QED) is 0.258. The minimum absolute atomic E-state index is 0.219. The highest BCUT2D eigenvalue weighted by molar-refractivity contribution is 7.99. The van der Waals surface area contributed by atoms with E-state index in [-0.39, 0.29) is 17.7 Å². The van der Waals surface area contributed by atoms with Crippen LogP contribution in [0.1, 0.15) is 47.1 Å². The number of aryl methyl sites for hydroxylation is 1. The Kier molecular flexibility index (Phi) is 7.57. The molecule has 3 aromatic rings. The number of carbonyl (C=O) groups is 1. The molecule has 1 aliphatic heterocycles. The molecule has 5 rings (SSSR count). The summed E-state index contributed by atoms with van der Waals surface area (Å²) in [5.41, 5.74) is 6.39. The normalized spacial score (nSPS) is 16.1. The van der Waals surface area contributed by atoms with Crippen LogP contribution < -0.4 is 9.62 Å². The average molecular weight is 558 g/mol. The number of carbonyl (C=O) groups excluding carboxylic acids is 1. The second-order valence-corrected chi connectivity index (χ2v) is 11.2. The molecule has 0 atom stereocenters. The highest BCUT2D eigenvalue weighted by atomic mass is 35.5. The van der Waals surface area contributed by atoms with Crippen molar-refractivity contribution in [2.45, 2.75) is 39.5 Å². The van der Waals surface area contributed by atoms with Gasteiger partial charge < -0.3 is 14.4 Å². The molecule has 0 unspecified atom stereocenters. The maximum Gasteiger partial charge on any atom is 0.360 e. The topological polar surface area (TPSA) is 67.3 Å². The predicted octanol–water partition coefficient (Wildman–Crippen LogP) is 7.01. The summed E-state index contributed by atoms with van der Waals surface area (Å²) in [6.45, 7) is 5.55. The lowest BCUT2D eigenvalue weighted by molar-refractivity contribution is 0.0519. The third kappa shape index (κ3) is 5.14. The number of anilines is 2. The highest BCUT2D eigenvalue weighted by Crippen LogP contribution is 2.46. The Labute approximate surface area is 232 Å². The lowest BCUT2D eigenvalue weighted by atomic mass is 9.76. The van der Waals surface area contributed by atoms with Gasteiger partial charge in [-0.25, -0.2) is 14.8 Å². The largest absolute Gasteiger partial charge is 0.461 e. The summed E-state index contributed by atoms with van der Waals surface area (Å²) in [6, 6.07) is 12.1. The van der Waals surface area contributed by atoms with Crippen LogP contribution in [0.25, 0.3) is 11.3 Å². The van der Waals surface area contributed by atoms with Crippen molar-refractivity contribution < 1.29 is 9.53 Å². The van der Waals surface area contributed by atoms with Gasteiger partial charge in [-0.2, -0.15) is 0 Å². The second-order valence-electron chi connectivity index (χ2n) is 9.78. The van der Waals surface area contributed by atoms with Gasteiger partial charge in [0.2, 0.25) is 0 Å². The molecular formula is C28H30Cl2N4O2S. The number of fused-ring (bicyclic) bond motifs is 1. The fraction of sp³-hybridized carbons (Fsp3) is 0.393. The summed E-state index contributed by atoms with van der Waals surface area (Å²) in [6.07, 6.45) is 6.27. The van der Waals surface area contributed by atoms with Crippen molar-refractivity contribution in [3.05, 3.63) is 69.0 Å². The van der Waals surface area contributed by atoms with E-state index in [4.69, 9.17) is 37.9 Å². The molecule has 194 valence electrons. The first-order valence-corrected chi connectivity index (χ1v) is 14.5. The third-order valence-corrected chi connectivity index (χ3v) is 8.67. The van der Waals surface area contributed by atoms with E-state index < -0.39 is 5.97 Å². The summed E-state index contributed by atoms with van der Waals surface area (Å²) in [4.78, 5) is 24.8. The van der Waals surface area contributed by atoms with Crippen LogP contribution >= 0.6 is 35.1 Å². The summed E-state index contributed by atoms with van der Waals surface area (Å²) < 4.78 is 8.72. The smallest absolute Gasteiger partial charge is 0.360 e. The van der Waals surface area contributed by atoms with E-state index in [2.05, 4.69) is 27.8 Å². The molecule has 6 nitrogen and oxygen atoms in total. The molecule has 1 N–H and O–H groups in total. The Bertz CT molecular complexity index is 1340.